The highest BCUT2D eigenvalue weighted by atomic mass is 16.4. The predicted molar refractivity (Wildman–Crippen MR) is 46.6 cm³/mol. The first kappa shape index (κ1) is 9.45. The fraction of sp³-hybridized carbons (Fsp3) is 0.778. The van der Waals surface area contributed by atoms with Gasteiger partial charge in [-0.1, -0.05) is 6.42 Å². The molecule has 1 spiro atoms. The summed E-state index contributed by atoms with van der Waals surface area (Å²) in [5.41, 5.74) is 3.84. The number of aliphatic carboxylic acids is 2. The fourth-order valence-corrected chi connectivity index (χ4v) is 2.87. The van der Waals surface area contributed by atoms with Crippen molar-refractivity contribution in [3.05, 3.63) is 0 Å². The van der Waals surface area contributed by atoms with Gasteiger partial charge in [0.1, 0.15) is 5.54 Å². The molecule has 4 N–H and O–H groups in total. The molecule has 5 heteroatoms. The molecule has 0 aromatic rings. The number of hydrogen-bond donors (Lipinski definition) is 3. The second-order valence-corrected chi connectivity index (χ2v) is 4.38. The summed E-state index contributed by atoms with van der Waals surface area (Å²) >= 11 is 0. The minimum Gasteiger partial charge on any atom is -0.481 e. The molecule has 2 rings (SSSR count). The van der Waals surface area contributed by atoms with Crippen LogP contribution in [0, 0.1) is 11.3 Å². The number of nitrogens with two attached hydrogens (primary N) is 1. The van der Waals surface area contributed by atoms with Crippen LogP contribution in [0.1, 0.15) is 25.7 Å². The number of carboxylic acids is 2. The number of carboxylic acid groups (broad SMARTS) is 2. The molecule has 0 saturated heterocycles. The topological polar surface area (TPSA) is 101 Å². The number of carbonyl (C=O) groups is 2. The van der Waals surface area contributed by atoms with Crippen LogP contribution in [0.5, 0.6) is 0 Å². The summed E-state index contributed by atoms with van der Waals surface area (Å²) in [6.07, 6.45) is 2.16. The van der Waals surface area contributed by atoms with Gasteiger partial charge < -0.3 is 15.9 Å². The van der Waals surface area contributed by atoms with Gasteiger partial charge >= 0.3 is 11.9 Å². The zero-order valence-corrected chi connectivity index (χ0v) is 7.69. The molecule has 5 nitrogen and oxygen atoms in total. The first-order valence-corrected chi connectivity index (χ1v) is 4.69. The molecule has 2 aliphatic carbocycles. The van der Waals surface area contributed by atoms with Crippen LogP contribution in [-0.2, 0) is 9.59 Å². The Morgan fingerprint density at radius 2 is 1.93 bits per heavy atom. The minimum absolute atomic E-state index is 0.395. The second kappa shape index (κ2) is 2.48. The highest BCUT2D eigenvalue weighted by Crippen LogP contribution is 2.66. The van der Waals surface area contributed by atoms with Crippen molar-refractivity contribution in [1.82, 2.24) is 0 Å². The fourth-order valence-electron chi connectivity index (χ4n) is 2.87. The van der Waals surface area contributed by atoms with Crippen molar-refractivity contribution in [2.75, 3.05) is 0 Å². The summed E-state index contributed by atoms with van der Waals surface area (Å²) in [5, 5.41) is 17.9. The number of hydrogen-bond acceptors (Lipinski definition) is 3. The van der Waals surface area contributed by atoms with Crippen molar-refractivity contribution >= 4 is 11.9 Å². The third-order valence-corrected chi connectivity index (χ3v) is 3.84. The van der Waals surface area contributed by atoms with Gasteiger partial charge in [0, 0.05) is 5.41 Å². The van der Waals surface area contributed by atoms with Crippen LogP contribution in [0.3, 0.4) is 0 Å². The first-order valence-electron chi connectivity index (χ1n) is 4.69. The van der Waals surface area contributed by atoms with Gasteiger partial charge in [0.2, 0.25) is 0 Å². The van der Waals surface area contributed by atoms with Crippen molar-refractivity contribution in [1.29, 1.82) is 0 Å². The third kappa shape index (κ3) is 0.877. The van der Waals surface area contributed by atoms with Crippen LogP contribution < -0.4 is 5.73 Å². The average Bonchev–Trinajstić information content (AvgIpc) is 2.70. The standard InChI is InChI=1S/C9H13NO4/c10-9(7(13)14)3-1-2-8(9)4-5(8)6(11)12/h5H,1-4,10H2,(H,11,12)(H,13,14). The Labute approximate surface area is 80.9 Å². The SMILES string of the molecule is NC1(C(=O)O)CCCC12CC2C(=O)O. The second-order valence-electron chi connectivity index (χ2n) is 4.38. The Hall–Kier alpha value is -1.10. The predicted octanol–water partition coefficient (Wildman–Crippen LogP) is 0.0433. The maximum atomic E-state index is 11.0. The van der Waals surface area contributed by atoms with E-state index in [1.807, 2.05) is 0 Å². The van der Waals surface area contributed by atoms with Gasteiger partial charge in [-0.3, -0.25) is 9.59 Å². The average molecular weight is 199 g/mol. The van der Waals surface area contributed by atoms with Crippen molar-refractivity contribution in [3.8, 4) is 0 Å². The summed E-state index contributed by atoms with van der Waals surface area (Å²) in [4.78, 5) is 21.8. The lowest BCUT2D eigenvalue weighted by atomic mass is 9.83. The number of rotatable bonds is 2. The van der Waals surface area contributed by atoms with Crippen molar-refractivity contribution < 1.29 is 19.8 Å². The lowest BCUT2D eigenvalue weighted by molar-refractivity contribution is -0.146. The van der Waals surface area contributed by atoms with E-state index in [-0.39, 0.29) is 0 Å². The molecular formula is C9H13NO4. The van der Waals surface area contributed by atoms with Crippen LogP contribution in [0.2, 0.25) is 0 Å². The largest absolute Gasteiger partial charge is 0.481 e. The molecule has 0 aromatic heterocycles. The minimum atomic E-state index is -1.31. The van der Waals surface area contributed by atoms with E-state index in [2.05, 4.69) is 0 Å². The normalized spacial score (nSPS) is 45.4. The van der Waals surface area contributed by atoms with Gasteiger partial charge in [0.15, 0.2) is 0 Å². The quantitative estimate of drug-likeness (QED) is 0.583. The molecule has 78 valence electrons. The summed E-state index contributed by atoms with van der Waals surface area (Å²) in [5.74, 6) is -2.52. The zero-order valence-electron chi connectivity index (χ0n) is 7.69. The van der Waals surface area contributed by atoms with Crippen molar-refractivity contribution in [2.45, 2.75) is 31.2 Å². The molecule has 2 saturated carbocycles. The lowest BCUT2D eigenvalue weighted by Gasteiger charge is -2.27. The summed E-state index contributed by atoms with van der Waals surface area (Å²) < 4.78 is 0. The van der Waals surface area contributed by atoms with E-state index in [0.717, 1.165) is 0 Å². The lowest BCUT2D eigenvalue weighted by Crippen LogP contribution is -2.53. The van der Waals surface area contributed by atoms with Gasteiger partial charge in [-0.15, -0.1) is 0 Å². The molecule has 2 aliphatic rings. The first-order chi connectivity index (χ1) is 6.44. The maximum absolute atomic E-state index is 11.0. The smallest absolute Gasteiger partial charge is 0.324 e. The van der Waals surface area contributed by atoms with E-state index >= 15 is 0 Å². The summed E-state index contributed by atoms with van der Waals surface area (Å²) in [6, 6.07) is 0. The highest BCUT2D eigenvalue weighted by Gasteiger charge is 2.72. The molecule has 0 bridgehead atoms. The van der Waals surface area contributed by atoms with Crippen LogP contribution in [0.4, 0.5) is 0 Å². The van der Waals surface area contributed by atoms with Gasteiger partial charge in [-0.2, -0.15) is 0 Å². The van der Waals surface area contributed by atoms with E-state index in [0.29, 0.717) is 25.7 Å². The zero-order chi connectivity index (χ0) is 10.6. The molecule has 0 aromatic carbocycles. The van der Waals surface area contributed by atoms with Crippen LogP contribution in [0.25, 0.3) is 0 Å². The molecule has 0 amide bonds. The Balaban J connectivity index is 2.30. The van der Waals surface area contributed by atoms with Crippen LogP contribution >= 0.6 is 0 Å². The molecular weight excluding hydrogens is 186 g/mol. The monoisotopic (exact) mass is 199 g/mol. The van der Waals surface area contributed by atoms with E-state index < -0.39 is 28.8 Å². The van der Waals surface area contributed by atoms with Crippen molar-refractivity contribution in [2.24, 2.45) is 17.1 Å². The Bertz CT molecular complexity index is 316. The van der Waals surface area contributed by atoms with Gasteiger partial charge in [-0.25, -0.2) is 0 Å². The van der Waals surface area contributed by atoms with E-state index in [9.17, 15) is 9.59 Å². The molecule has 0 radical (unpaired) electrons. The molecule has 2 fully saturated rings. The van der Waals surface area contributed by atoms with Crippen LogP contribution in [0.15, 0.2) is 0 Å². The maximum Gasteiger partial charge on any atom is 0.324 e. The van der Waals surface area contributed by atoms with Gasteiger partial charge in [-0.05, 0) is 19.3 Å². The molecule has 14 heavy (non-hydrogen) atoms. The summed E-state index contributed by atoms with van der Waals surface area (Å²) in [6.45, 7) is 0. The van der Waals surface area contributed by atoms with Crippen LogP contribution in [-0.4, -0.2) is 27.7 Å². The van der Waals surface area contributed by atoms with E-state index in [1.165, 1.54) is 0 Å². The third-order valence-electron chi connectivity index (χ3n) is 3.84. The molecule has 0 heterocycles. The van der Waals surface area contributed by atoms with E-state index in [4.69, 9.17) is 15.9 Å². The highest BCUT2D eigenvalue weighted by molar-refractivity contribution is 5.85. The Morgan fingerprint density at radius 3 is 2.36 bits per heavy atom. The van der Waals surface area contributed by atoms with Gasteiger partial charge in [0.05, 0.1) is 5.92 Å². The van der Waals surface area contributed by atoms with Crippen molar-refractivity contribution in [3.63, 3.8) is 0 Å². The summed E-state index contributed by atoms with van der Waals surface area (Å²) in [7, 11) is 0. The Morgan fingerprint density at radius 1 is 1.29 bits per heavy atom. The Kier molecular flexibility index (Phi) is 1.67. The van der Waals surface area contributed by atoms with E-state index in [1.54, 1.807) is 0 Å². The molecule has 3 unspecified atom stereocenters. The molecule has 3 atom stereocenters. The molecule has 0 aliphatic heterocycles. The van der Waals surface area contributed by atoms with Gasteiger partial charge in [0.25, 0.3) is 0 Å².